The number of carbonyl (C=O) groups excluding carboxylic acids is 2. The first-order valence-electron chi connectivity index (χ1n) is 7.89. The van der Waals surface area contributed by atoms with E-state index in [4.69, 9.17) is 10.5 Å². The number of hydrogen-bond donors (Lipinski definition) is 1. The molecule has 0 heterocycles. The second-order valence-electron chi connectivity index (χ2n) is 5.17. The highest BCUT2D eigenvalue weighted by atomic mass is 16.5. The van der Waals surface area contributed by atoms with Crippen LogP contribution in [0, 0.1) is 0 Å². The number of ether oxygens (including phenoxy) is 3. The van der Waals surface area contributed by atoms with Gasteiger partial charge in [0.05, 0.1) is 14.2 Å². The quantitative estimate of drug-likeness (QED) is 0.400. The number of rotatable bonds is 10. The van der Waals surface area contributed by atoms with Gasteiger partial charge in [-0.1, -0.05) is 12.1 Å². The lowest BCUT2D eigenvalue weighted by Crippen LogP contribution is -2.10. The van der Waals surface area contributed by atoms with Gasteiger partial charge in [-0.05, 0) is 43.4 Å². The van der Waals surface area contributed by atoms with Gasteiger partial charge in [0, 0.05) is 18.2 Å². The van der Waals surface area contributed by atoms with Gasteiger partial charge >= 0.3 is 11.9 Å². The Labute approximate surface area is 142 Å². The number of methoxy groups -OCH3 is 2. The minimum atomic E-state index is -0.552. The average molecular weight is 335 g/mol. The van der Waals surface area contributed by atoms with Crippen molar-refractivity contribution < 1.29 is 23.8 Å². The molecule has 0 radical (unpaired) electrons. The summed E-state index contributed by atoms with van der Waals surface area (Å²) in [4.78, 5) is 22.9. The topological polar surface area (TPSA) is 87.9 Å². The van der Waals surface area contributed by atoms with E-state index in [2.05, 4.69) is 9.47 Å². The monoisotopic (exact) mass is 335 g/mol. The first-order valence-corrected chi connectivity index (χ1v) is 7.89. The summed E-state index contributed by atoms with van der Waals surface area (Å²) < 4.78 is 14.7. The summed E-state index contributed by atoms with van der Waals surface area (Å²) in [7, 11) is 2.57. The Balaban J connectivity index is 2.44. The van der Waals surface area contributed by atoms with Crippen LogP contribution in [-0.2, 0) is 25.5 Å². The molecule has 0 unspecified atom stereocenters. The summed E-state index contributed by atoms with van der Waals surface area (Å²) in [5, 5.41) is 0. The van der Waals surface area contributed by atoms with E-state index < -0.39 is 11.9 Å². The highest BCUT2D eigenvalue weighted by molar-refractivity contribution is 5.96. The Kier molecular flexibility index (Phi) is 9.23. The average Bonchev–Trinajstić information content (AvgIpc) is 2.62. The summed E-state index contributed by atoms with van der Waals surface area (Å²) in [6.07, 6.45) is 4.20. The molecule has 0 amide bonds. The molecule has 0 spiro atoms. The van der Waals surface area contributed by atoms with Crippen LogP contribution in [0.1, 0.15) is 24.8 Å². The molecule has 132 valence electrons. The van der Waals surface area contributed by atoms with Gasteiger partial charge in [-0.25, -0.2) is 9.59 Å². The van der Waals surface area contributed by atoms with Crippen molar-refractivity contribution in [3.63, 3.8) is 0 Å². The first-order chi connectivity index (χ1) is 11.6. The predicted molar refractivity (Wildman–Crippen MR) is 90.7 cm³/mol. The summed E-state index contributed by atoms with van der Waals surface area (Å²) in [5.74, 6) is -0.247. The van der Waals surface area contributed by atoms with E-state index >= 15 is 0 Å². The molecule has 2 N–H and O–H groups in total. The summed E-state index contributed by atoms with van der Waals surface area (Å²) in [6, 6.07) is 7.86. The van der Waals surface area contributed by atoms with Gasteiger partial charge in [0.1, 0.15) is 12.4 Å². The molecule has 0 aliphatic rings. The zero-order valence-corrected chi connectivity index (χ0v) is 14.2. The van der Waals surface area contributed by atoms with Crippen LogP contribution in [0.15, 0.2) is 35.9 Å². The zero-order chi connectivity index (χ0) is 17.8. The Hall–Kier alpha value is -2.34. The van der Waals surface area contributed by atoms with E-state index in [1.807, 2.05) is 24.3 Å². The lowest BCUT2D eigenvalue weighted by atomic mass is 10.0. The fourth-order valence-corrected chi connectivity index (χ4v) is 2.14. The Morgan fingerprint density at radius 1 is 1.08 bits per heavy atom. The van der Waals surface area contributed by atoms with E-state index in [-0.39, 0.29) is 0 Å². The zero-order valence-electron chi connectivity index (χ0n) is 14.2. The maximum Gasteiger partial charge on any atom is 0.333 e. The molecule has 0 aliphatic carbocycles. The third-order valence-corrected chi connectivity index (χ3v) is 3.41. The Morgan fingerprint density at radius 3 is 2.38 bits per heavy atom. The van der Waals surface area contributed by atoms with Crippen LogP contribution in [0.4, 0.5) is 0 Å². The van der Waals surface area contributed by atoms with Crippen LogP contribution in [0.3, 0.4) is 0 Å². The minimum absolute atomic E-state index is 0.329. The summed E-state index contributed by atoms with van der Waals surface area (Å²) in [6.45, 7) is 0.992. The van der Waals surface area contributed by atoms with E-state index in [0.717, 1.165) is 25.0 Å². The number of hydrogen-bond acceptors (Lipinski definition) is 6. The summed E-state index contributed by atoms with van der Waals surface area (Å²) >= 11 is 0. The number of carbonyl (C=O) groups is 2. The van der Waals surface area contributed by atoms with Gasteiger partial charge in [-0.2, -0.15) is 0 Å². The molecular weight excluding hydrogens is 310 g/mol. The van der Waals surface area contributed by atoms with Crippen LogP contribution < -0.4 is 10.5 Å². The van der Waals surface area contributed by atoms with Gasteiger partial charge in [0.2, 0.25) is 0 Å². The molecule has 0 saturated carbocycles. The second kappa shape index (κ2) is 11.2. The van der Waals surface area contributed by atoms with E-state index in [1.54, 1.807) is 0 Å². The van der Waals surface area contributed by atoms with Gasteiger partial charge in [0.15, 0.2) is 0 Å². The minimum Gasteiger partial charge on any atom is -0.492 e. The van der Waals surface area contributed by atoms with E-state index in [1.165, 1.54) is 25.9 Å². The van der Waals surface area contributed by atoms with Crippen molar-refractivity contribution in [1.29, 1.82) is 0 Å². The molecule has 0 atom stereocenters. The van der Waals surface area contributed by atoms with E-state index in [9.17, 15) is 9.59 Å². The van der Waals surface area contributed by atoms with Crippen molar-refractivity contribution >= 4 is 11.9 Å². The standard InChI is InChI=1S/C18H25NO5/c1-22-17(20)13-15(18(21)23-2)6-4-3-5-14-7-9-16(10-8-14)24-12-11-19/h7-10,13H,3-6,11-12,19H2,1-2H3/b15-13-. The molecular formula is C18H25NO5. The molecule has 0 aromatic heterocycles. The van der Waals surface area contributed by atoms with Crippen molar-refractivity contribution in [2.75, 3.05) is 27.4 Å². The van der Waals surface area contributed by atoms with Crippen LogP contribution in [0.5, 0.6) is 5.75 Å². The Morgan fingerprint density at radius 2 is 1.79 bits per heavy atom. The third-order valence-electron chi connectivity index (χ3n) is 3.41. The number of benzene rings is 1. The smallest absolute Gasteiger partial charge is 0.333 e. The maximum absolute atomic E-state index is 11.6. The van der Waals surface area contributed by atoms with Gasteiger partial charge in [-0.3, -0.25) is 0 Å². The fourth-order valence-electron chi connectivity index (χ4n) is 2.14. The number of nitrogens with two attached hydrogens (primary N) is 1. The van der Waals surface area contributed by atoms with Gasteiger partial charge in [0.25, 0.3) is 0 Å². The normalized spacial score (nSPS) is 11.0. The largest absolute Gasteiger partial charge is 0.492 e. The molecule has 24 heavy (non-hydrogen) atoms. The molecule has 1 rings (SSSR count). The van der Waals surface area contributed by atoms with Gasteiger partial charge < -0.3 is 19.9 Å². The number of esters is 2. The van der Waals surface area contributed by atoms with Crippen LogP contribution >= 0.6 is 0 Å². The second-order valence-corrected chi connectivity index (χ2v) is 5.17. The lowest BCUT2D eigenvalue weighted by molar-refractivity contribution is -0.138. The summed E-state index contributed by atoms with van der Waals surface area (Å²) in [5.41, 5.74) is 6.91. The number of aryl methyl sites for hydroxylation is 1. The van der Waals surface area contributed by atoms with Crippen LogP contribution in [0.25, 0.3) is 0 Å². The first kappa shape index (κ1) is 19.7. The van der Waals surface area contributed by atoms with E-state index in [0.29, 0.717) is 25.1 Å². The molecule has 6 heteroatoms. The predicted octanol–water partition coefficient (Wildman–Crippen LogP) is 2.01. The fraction of sp³-hybridized carbons (Fsp3) is 0.444. The van der Waals surface area contributed by atoms with Crippen molar-refractivity contribution in [3.8, 4) is 5.75 Å². The maximum atomic E-state index is 11.6. The lowest BCUT2D eigenvalue weighted by Gasteiger charge is -2.07. The molecule has 1 aromatic carbocycles. The Bertz CT molecular complexity index is 551. The van der Waals surface area contributed by atoms with Gasteiger partial charge in [-0.15, -0.1) is 0 Å². The number of unbranched alkanes of at least 4 members (excludes halogenated alkanes) is 1. The molecule has 0 saturated heterocycles. The SMILES string of the molecule is COC(=O)/C=C(/CCCCc1ccc(OCCN)cc1)C(=O)OC. The molecule has 0 aliphatic heterocycles. The van der Waals surface area contributed by atoms with Crippen molar-refractivity contribution in [2.45, 2.75) is 25.7 Å². The van der Waals surface area contributed by atoms with Crippen LogP contribution in [0.2, 0.25) is 0 Å². The highest BCUT2D eigenvalue weighted by Gasteiger charge is 2.11. The van der Waals surface area contributed by atoms with Crippen molar-refractivity contribution in [1.82, 2.24) is 0 Å². The van der Waals surface area contributed by atoms with Crippen molar-refractivity contribution in [3.05, 3.63) is 41.5 Å². The molecule has 1 aromatic rings. The highest BCUT2D eigenvalue weighted by Crippen LogP contribution is 2.16. The molecule has 6 nitrogen and oxygen atoms in total. The molecule has 0 bridgehead atoms. The van der Waals surface area contributed by atoms with Crippen LogP contribution in [-0.4, -0.2) is 39.3 Å². The third kappa shape index (κ3) is 7.28. The molecule has 0 fully saturated rings. The van der Waals surface area contributed by atoms with Crippen molar-refractivity contribution in [2.24, 2.45) is 5.73 Å².